The first kappa shape index (κ1) is 16.3. The van der Waals surface area contributed by atoms with Crippen molar-refractivity contribution in [1.82, 2.24) is 15.5 Å². The summed E-state index contributed by atoms with van der Waals surface area (Å²) in [5.74, 6) is 2.11. The van der Waals surface area contributed by atoms with Crippen LogP contribution in [-0.4, -0.2) is 43.5 Å². The van der Waals surface area contributed by atoms with E-state index in [0.29, 0.717) is 5.11 Å². The third-order valence-corrected chi connectivity index (χ3v) is 3.90. The van der Waals surface area contributed by atoms with E-state index in [0.717, 1.165) is 24.6 Å². The molecule has 2 N–H and O–H groups in total. The molecular formula is C14H23N3S2. The lowest BCUT2D eigenvalue weighted by Gasteiger charge is -2.11. The predicted molar refractivity (Wildman–Crippen MR) is 89.7 cm³/mol. The van der Waals surface area contributed by atoms with Gasteiger partial charge in [0.15, 0.2) is 5.11 Å². The van der Waals surface area contributed by atoms with Crippen molar-refractivity contribution in [2.75, 3.05) is 33.4 Å². The highest BCUT2D eigenvalue weighted by Crippen LogP contribution is 2.14. The predicted octanol–water partition coefficient (Wildman–Crippen LogP) is 2.08. The SMILES string of the molecule is CNC(=S)NCCSCc1cccc(CN(C)C)c1. The van der Waals surface area contributed by atoms with Crippen molar-refractivity contribution < 1.29 is 0 Å². The first-order valence-corrected chi connectivity index (χ1v) is 7.94. The van der Waals surface area contributed by atoms with Gasteiger partial charge >= 0.3 is 0 Å². The Balaban J connectivity index is 2.27. The summed E-state index contributed by atoms with van der Waals surface area (Å²) in [6, 6.07) is 8.81. The van der Waals surface area contributed by atoms with E-state index in [1.165, 1.54) is 11.1 Å². The second-order valence-corrected chi connectivity index (χ2v) is 6.13. The molecule has 1 aromatic rings. The number of nitrogens with zero attached hydrogens (tertiary/aromatic N) is 1. The third kappa shape index (κ3) is 7.40. The molecule has 19 heavy (non-hydrogen) atoms. The maximum absolute atomic E-state index is 5.02. The molecule has 1 rings (SSSR count). The summed E-state index contributed by atoms with van der Waals surface area (Å²) in [5.41, 5.74) is 2.76. The minimum Gasteiger partial charge on any atom is -0.366 e. The minimum absolute atomic E-state index is 0.716. The second-order valence-electron chi connectivity index (χ2n) is 4.62. The topological polar surface area (TPSA) is 27.3 Å². The van der Waals surface area contributed by atoms with Crippen LogP contribution >= 0.6 is 24.0 Å². The van der Waals surface area contributed by atoms with Gasteiger partial charge in [-0.3, -0.25) is 0 Å². The Labute approximate surface area is 126 Å². The van der Waals surface area contributed by atoms with Crippen molar-refractivity contribution in [3.8, 4) is 0 Å². The molecule has 0 aliphatic rings. The van der Waals surface area contributed by atoms with Crippen LogP contribution in [0.1, 0.15) is 11.1 Å². The Kier molecular flexibility index (Phi) is 7.86. The molecule has 0 radical (unpaired) electrons. The quantitative estimate of drug-likeness (QED) is 0.594. The van der Waals surface area contributed by atoms with Crippen LogP contribution in [0.15, 0.2) is 24.3 Å². The fraction of sp³-hybridized carbons (Fsp3) is 0.500. The smallest absolute Gasteiger partial charge is 0.166 e. The van der Waals surface area contributed by atoms with Crippen LogP contribution in [0.5, 0.6) is 0 Å². The molecule has 0 fully saturated rings. The molecule has 0 aliphatic carbocycles. The Morgan fingerprint density at radius 1 is 1.32 bits per heavy atom. The Morgan fingerprint density at radius 2 is 2.05 bits per heavy atom. The number of thioether (sulfide) groups is 1. The van der Waals surface area contributed by atoms with E-state index in [1.54, 1.807) is 0 Å². The first-order valence-electron chi connectivity index (χ1n) is 6.37. The lowest BCUT2D eigenvalue weighted by molar-refractivity contribution is 0.402. The van der Waals surface area contributed by atoms with Gasteiger partial charge in [0.25, 0.3) is 0 Å². The van der Waals surface area contributed by atoms with E-state index in [1.807, 2.05) is 18.8 Å². The maximum Gasteiger partial charge on any atom is 0.166 e. The summed E-state index contributed by atoms with van der Waals surface area (Å²) < 4.78 is 0. The van der Waals surface area contributed by atoms with Gasteiger partial charge in [0.05, 0.1) is 0 Å². The molecule has 106 valence electrons. The van der Waals surface area contributed by atoms with Crippen LogP contribution in [0.2, 0.25) is 0 Å². The van der Waals surface area contributed by atoms with Crippen LogP contribution < -0.4 is 10.6 Å². The first-order chi connectivity index (χ1) is 9.11. The molecule has 0 aromatic heterocycles. The normalized spacial score (nSPS) is 10.5. The number of thiocarbonyl (C=S) groups is 1. The summed E-state index contributed by atoms with van der Waals surface area (Å²) >= 11 is 6.94. The summed E-state index contributed by atoms with van der Waals surface area (Å²) in [6.07, 6.45) is 0. The van der Waals surface area contributed by atoms with E-state index in [2.05, 4.69) is 53.9 Å². The van der Waals surface area contributed by atoms with Crippen LogP contribution in [0.25, 0.3) is 0 Å². The monoisotopic (exact) mass is 297 g/mol. The van der Waals surface area contributed by atoms with Crippen LogP contribution in [0.3, 0.4) is 0 Å². The molecule has 0 atom stereocenters. The van der Waals surface area contributed by atoms with E-state index in [-0.39, 0.29) is 0 Å². The molecule has 0 saturated heterocycles. The molecule has 5 heteroatoms. The molecular weight excluding hydrogens is 274 g/mol. The van der Waals surface area contributed by atoms with Crippen molar-refractivity contribution in [2.24, 2.45) is 0 Å². The van der Waals surface area contributed by atoms with Crippen molar-refractivity contribution in [2.45, 2.75) is 12.3 Å². The van der Waals surface area contributed by atoms with Gasteiger partial charge in [-0.05, 0) is 37.4 Å². The van der Waals surface area contributed by atoms with Gasteiger partial charge in [0.2, 0.25) is 0 Å². The minimum atomic E-state index is 0.716. The lowest BCUT2D eigenvalue weighted by atomic mass is 10.1. The standard InChI is InChI=1S/C14H23N3S2/c1-15-14(18)16-7-8-19-11-13-6-4-5-12(9-13)10-17(2)3/h4-6,9H,7-8,10-11H2,1-3H3,(H2,15,16,18). The highest BCUT2D eigenvalue weighted by Gasteiger charge is 1.98. The van der Waals surface area contributed by atoms with Gasteiger partial charge in [-0.15, -0.1) is 0 Å². The van der Waals surface area contributed by atoms with Gasteiger partial charge in [-0.25, -0.2) is 0 Å². The van der Waals surface area contributed by atoms with Gasteiger partial charge in [0, 0.05) is 31.6 Å². The van der Waals surface area contributed by atoms with Gasteiger partial charge < -0.3 is 15.5 Å². The molecule has 0 amide bonds. The van der Waals surface area contributed by atoms with Gasteiger partial charge in [-0.2, -0.15) is 11.8 Å². The lowest BCUT2D eigenvalue weighted by Crippen LogP contribution is -2.33. The number of nitrogens with one attached hydrogen (secondary N) is 2. The molecule has 1 aromatic carbocycles. The van der Waals surface area contributed by atoms with Crippen LogP contribution in [0, 0.1) is 0 Å². The molecule has 0 saturated carbocycles. The molecule has 0 unspecified atom stereocenters. The molecule has 0 spiro atoms. The van der Waals surface area contributed by atoms with Gasteiger partial charge in [-0.1, -0.05) is 24.3 Å². The average molecular weight is 297 g/mol. The molecule has 0 bridgehead atoms. The van der Waals surface area contributed by atoms with Crippen LogP contribution in [-0.2, 0) is 12.3 Å². The number of hydrogen-bond acceptors (Lipinski definition) is 3. The van der Waals surface area contributed by atoms with Crippen molar-refractivity contribution in [3.63, 3.8) is 0 Å². The van der Waals surface area contributed by atoms with E-state index in [9.17, 15) is 0 Å². The molecule has 3 nitrogen and oxygen atoms in total. The summed E-state index contributed by atoms with van der Waals surface area (Å²) in [5, 5.41) is 6.77. The fourth-order valence-electron chi connectivity index (χ4n) is 1.70. The van der Waals surface area contributed by atoms with Gasteiger partial charge in [0.1, 0.15) is 0 Å². The molecule has 0 heterocycles. The number of rotatable bonds is 7. The van der Waals surface area contributed by atoms with Crippen molar-refractivity contribution in [3.05, 3.63) is 35.4 Å². The Morgan fingerprint density at radius 3 is 2.74 bits per heavy atom. The fourth-order valence-corrected chi connectivity index (χ4v) is 2.61. The Bertz CT molecular complexity index is 394. The van der Waals surface area contributed by atoms with Crippen LogP contribution in [0.4, 0.5) is 0 Å². The zero-order chi connectivity index (χ0) is 14.1. The Hall–Kier alpha value is -0.780. The van der Waals surface area contributed by atoms with Crippen molar-refractivity contribution in [1.29, 1.82) is 0 Å². The third-order valence-electron chi connectivity index (χ3n) is 2.52. The zero-order valence-electron chi connectivity index (χ0n) is 11.9. The summed E-state index contributed by atoms with van der Waals surface area (Å²) in [7, 11) is 6.02. The summed E-state index contributed by atoms with van der Waals surface area (Å²) in [4.78, 5) is 2.19. The van der Waals surface area contributed by atoms with Crippen molar-refractivity contribution >= 4 is 29.1 Å². The number of benzene rings is 1. The highest BCUT2D eigenvalue weighted by atomic mass is 32.2. The molecule has 0 aliphatic heterocycles. The maximum atomic E-state index is 5.02. The second kappa shape index (κ2) is 9.18. The zero-order valence-corrected chi connectivity index (χ0v) is 13.5. The average Bonchev–Trinajstić information content (AvgIpc) is 2.37. The van der Waals surface area contributed by atoms with E-state index in [4.69, 9.17) is 12.2 Å². The summed E-state index contributed by atoms with van der Waals surface area (Å²) in [6.45, 7) is 1.90. The number of hydrogen-bond donors (Lipinski definition) is 2. The van der Waals surface area contributed by atoms with E-state index >= 15 is 0 Å². The van der Waals surface area contributed by atoms with E-state index < -0.39 is 0 Å². The highest BCUT2D eigenvalue weighted by molar-refractivity contribution is 7.98. The largest absolute Gasteiger partial charge is 0.366 e.